The molecule has 0 saturated carbocycles. The van der Waals surface area contributed by atoms with Crippen LogP contribution in [0.2, 0.25) is 0 Å². The maximum absolute atomic E-state index is 12.1. The van der Waals surface area contributed by atoms with Crippen molar-refractivity contribution in [2.75, 3.05) is 31.1 Å². The summed E-state index contributed by atoms with van der Waals surface area (Å²) >= 11 is 0. The summed E-state index contributed by atoms with van der Waals surface area (Å²) in [6.45, 7) is 12.3. The van der Waals surface area contributed by atoms with Crippen molar-refractivity contribution in [1.29, 1.82) is 0 Å². The molecular formula is C29H39N3O4. The molecule has 7 heteroatoms. The zero-order valence-electron chi connectivity index (χ0n) is 21.8. The Morgan fingerprint density at radius 3 is 2.61 bits per heavy atom. The summed E-state index contributed by atoms with van der Waals surface area (Å²) in [6, 6.07) is 11.5. The van der Waals surface area contributed by atoms with E-state index in [0.29, 0.717) is 28.8 Å². The minimum atomic E-state index is -1.72. The van der Waals surface area contributed by atoms with E-state index >= 15 is 0 Å². The predicted octanol–water partition coefficient (Wildman–Crippen LogP) is 3.50. The van der Waals surface area contributed by atoms with Gasteiger partial charge in [-0.1, -0.05) is 6.07 Å². The molecule has 0 aromatic heterocycles. The molecule has 0 aliphatic carbocycles. The summed E-state index contributed by atoms with van der Waals surface area (Å²) in [5.41, 5.74) is 5.86. The molecule has 5 rings (SSSR count). The van der Waals surface area contributed by atoms with Crippen molar-refractivity contribution in [1.82, 2.24) is 4.90 Å². The number of rotatable bonds is 5. The van der Waals surface area contributed by atoms with Crippen LogP contribution in [0, 0.1) is 12.8 Å². The van der Waals surface area contributed by atoms with Crippen LogP contribution in [0.4, 0.5) is 5.69 Å². The molecule has 3 aliphatic heterocycles. The maximum Gasteiger partial charge on any atom is 0.248 e. The molecule has 2 aromatic carbocycles. The Labute approximate surface area is 213 Å². The highest BCUT2D eigenvalue weighted by molar-refractivity contribution is 5.93. The van der Waals surface area contributed by atoms with Crippen LogP contribution in [0.25, 0.3) is 0 Å². The van der Waals surface area contributed by atoms with Gasteiger partial charge in [0.25, 0.3) is 0 Å². The molecule has 3 aliphatic rings. The SMILES string of the molecule is Cc1cc(N2CCC(CN3CCCC3C)C2)ccc1C1(O)C(O)c2cc(C(N)=O)ccc2OC1(C)C. The molecule has 36 heavy (non-hydrogen) atoms. The number of aliphatic hydroxyl groups excluding tert-OH is 1. The molecule has 194 valence electrons. The number of ether oxygens (including phenoxy) is 1. The van der Waals surface area contributed by atoms with E-state index in [1.807, 2.05) is 19.1 Å². The van der Waals surface area contributed by atoms with Crippen molar-refractivity contribution in [3.8, 4) is 5.75 Å². The van der Waals surface area contributed by atoms with Crippen LogP contribution in [0.1, 0.15) is 73.2 Å². The number of carbonyl (C=O) groups excluding carboxylic acids is 1. The Balaban J connectivity index is 1.40. The lowest BCUT2D eigenvalue weighted by Crippen LogP contribution is -2.58. The third kappa shape index (κ3) is 4.07. The molecule has 0 bridgehead atoms. The van der Waals surface area contributed by atoms with Gasteiger partial charge < -0.3 is 30.5 Å². The Morgan fingerprint density at radius 1 is 1.17 bits per heavy atom. The van der Waals surface area contributed by atoms with Gasteiger partial charge in [-0.25, -0.2) is 0 Å². The van der Waals surface area contributed by atoms with Gasteiger partial charge in [-0.05, 0) is 101 Å². The number of aryl methyl sites for hydroxylation is 1. The number of nitrogens with two attached hydrogens (primary N) is 1. The van der Waals surface area contributed by atoms with Crippen LogP contribution in [-0.2, 0) is 5.60 Å². The number of anilines is 1. The number of aliphatic hydroxyl groups is 2. The molecular weight excluding hydrogens is 454 g/mol. The highest BCUT2D eigenvalue weighted by Crippen LogP contribution is 2.53. The minimum absolute atomic E-state index is 0.262. The van der Waals surface area contributed by atoms with Crippen molar-refractivity contribution >= 4 is 11.6 Å². The van der Waals surface area contributed by atoms with Gasteiger partial charge in [-0.3, -0.25) is 4.79 Å². The van der Waals surface area contributed by atoms with Gasteiger partial charge in [-0.2, -0.15) is 0 Å². The van der Waals surface area contributed by atoms with E-state index in [4.69, 9.17) is 10.5 Å². The van der Waals surface area contributed by atoms with Gasteiger partial charge in [0.1, 0.15) is 17.5 Å². The molecule has 4 N–H and O–H groups in total. The standard InChI is InChI=1S/C29H39N3O4/c1-18-14-22(32-13-11-20(17-32)16-31-12-5-6-19(31)2)8-9-24(18)29(35)26(33)23-15-21(27(30)34)7-10-25(23)36-28(29,3)4/h7-10,14-15,19-20,26,33,35H,5-6,11-13,16-17H2,1-4H3,(H2,30,34). The highest BCUT2D eigenvalue weighted by atomic mass is 16.5. The quantitative estimate of drug-likeness (QED) is 0.590. The third-order valence-electron chi connectivity index (χ3n) is 8.72. The first-order valence-corrected chi connectivity index (χ1v) is 13.1. The summed E-state index contributed by atoms with van der Waals surface area (Å²) in [4.78, 5) is 16.8. The second kappa shape index (κ2) is 9.05. The van der Waals surface area contributed by atoms with Gasteiger partial charge in [0.05, 0.1) is 0 Å². The largest absolute Gasteiger partial charge is 0.484 e. The molecule has 7 nitrogen and oxygen atoms in total. The normalized spacial score (nSPS) is 29.7. The topological polar surface area (TPSA) is 99.3 Å². The number of hydrogen-bond donors (Lipinski definition) is 3. The van der Waals surface area contributed by atoms with Gasteiger partial charge in [-0.15, -0.1) is 0 Å². The van der Waals surface area contributed by atoms with Gasteiger partial charge in [0.2, 0.25) is 5.91 Å². The Morgan fingerprint density at radius 2 is 1.94 bits per heavy atom. The average molecular weight is 494 g/mol. The van der Waals surface area contributed by atoms with E-state index in [1.165, 1.54) is 38.4 Å². The molecule has 2 fully saturated rings. The number of carbonyl (C=O) groups is 1. The summed E-state index contributed by atoms with van der Waals surface area (Å²) in [6.07, 6.45) is 2.51. The lowest BCUT2D eigenvalue weighted by molar-refractivity contribution is -0.200. The summed E-state index contributed by atoms with van der Waals surface area (Å²) in [7, 11) is 0. The first-order chi connectivity index (χ1) is 17.0. The lowest BCUT2D eigenvalue weighted by atomic mass is 9.70. The first-order valence-electron chi connectivity index (χ1n) is 13.1. The van der Waals surface area contributed by atoms with Crippen molar-refractivity contribution in [2.24, 2.45) is 11.7 Å². The third-order valence-corrected chi connectivity index (χ3v) is 8.72. The van der Waals surface area contributed by atoms with Crippen LogP contribution < -0.4 is 15.4 Å². The van der Waals surface area contributed by atoms with Crippen molar-refractivity contribution in [3.63, 3.8) is 0 Å². The monoisotopic (exact) mass is 493 g/mol. The van der Waals surface area contributed by atoms with Crippen molar-refractivity contribution in [3.05, 3.63) is 58.7 Å². The summed E-state index contributed by atoms with van der Waals surface area (Å²) in [5, 5.41) is 23.5. The van der Waals surface area contributed by atoms with E-state index in [-0.39, 0.29) is 5.56 Å². The van der Waals surface area contributed by atoms with Crippen LogP contribution in [0.5, 0.6) is 5.75 Å². The fourth-order valence-corrected chi connectivity index (χ4v) is 6.47. The number of primary amides is 1. The summed E-state index contributed by atoms with van der Waals surface area (Å²) in [5.74, 6) is 0.507. The molecule has 0 spiro atoms. The number of nitrogens with zero attached hydrogens (tertiary/aromatic N) is 2. The fraction of sp³-hybridized carbons (Fsp3) is 0.552. The molecule has 2 saturated heterocycles. The molecule has 0 radical (unpaired) electrons. The highest BCUT2D eigenvalue weighted by Gasteiger charge is 2.57. The predicted molar refractivity (Wildman–Crippen MR) is 140 cm³/mol. The van der Waals surface area contributed by atoms with Crippen LogP contribution in [0.3, 0.4) is 0 Å². The Hall–Kier alpha value is -2.61. The molecule has 3 heterocycles. The summed E-state index contributed by atoms with van der Waals surface area (Å²) < 4.78 is 6.19. The first kappa shape index (κ1) is 25.1. The van der Waals surface area contributed by atoms with E-state index < -0.39 is 23.2 Å². The molecule has 2 aromatic rings. The zero-order chi connectivity index (χ0) is 25.8. The number of hydrogen-bond acceptors (Lipinski definition) is 6. The van der Waals surface area contributed by atoms with Gasteiger partial charge in [0.15, 0.2) is 5.60 Å². The second-order valence-corrected chi connectivity index (χ2v) is 11.5. The van der Waals surface area contributed by atoms with Crippen molar-refractivity contribution < 1.29 is 19.7 Å². The number of amides is 1. The van der Waals surface area contributed by atoms with Gasteiger partial charge >= 0.3 is 0 Å². The number of fused-ring (bicyclic) bond motifs is 1. The van der Waals surface area contributed by atoms with E-state index in [0.717, 1.165) is 24.3 Å². The lowest BCUT2D eigenvalue weighted by Gasteiger charge is -2.50. The Bertz CT molecular complexity index is 1170. The number of likely N-dealkylation sites (tertiary alicyclic amines) is 1. The molecule has 4 atom stereocenters. The van der Waals surface area contributed by atoms with Crippen LogP contribution in [0.15, 0.2) is 36.4 Å². The minimum Gasteiger partial charge on any atom is -0.484 e. The Kier molecular flexibility index (Phi) is 6.30. The van der Waals surface area contributed by atoms with Crippen LogP contribution >= 0.6 is 0 Å². The van der Waals surface area contributed by atoms with Crippen LogP contribution in [-0.4, -0.2) is 58.8 Å². The second-order valence-electron chi connectivity index (χ2n) is 11.5. The van der Waals surface area contributed by atoms with Gasteiger partial charge in [0, 0.05) is 42.5 Å². The molecule has 4 unspecified atom stereocenters. The van der Waals surface area contributed by atoms with E-state index in [1.54, 1.807) is 26.0 Å². The smallest absolute Gasteiger partial charge is 0.248 e. The van der Waals surface area contributed by atoms with Crippen molar-refractivity contribution in [2.45, 2.75) is 70.3 Å². The van der Waals surface area contributed by atoms with E-state index in [2.05, 4.69) is 22.8 Å². The zero-order valence-corrected chi connectivity index (χ0v) is 21.8. The maximum atomic E-state index is 12.1. The fourth-order valence-electron chi connectivity index (χ4n) is 6.47. The number of benzene rings is 2. The molecule has 1 amide bonds. The average Bonchev–Trinajstić information content (AvgIpc) is 3.46. The van der Waals surface area contributed by atoms with E-state index in [9.17, 15) is 15.0 Å².